The van der Waals surface area contributed by atoms with Crippen LogP contribution in [0.3, 0.4) is 0 Å². The number of rotatable bonds is 3. The lowest BCUT2D eigenvalue weighted by atomic mass is 9.88. The third-order valence-electron chi connectivity index (χ3n) is 5.12. The number of methoxy groups -OCH3 is 3. The minimum atomic E-state index is -0.138. The fourth-order valence-corrected chi connectivity index (χ4v) is 3.96. The average molecular weight is 339 g/mol. The Bertz CT molecular complexity index is 1040. The van der Waals surface area contributed by atoms with Gasteiger partial charge >= 0.3 is 0 Å². The quantitative estimate of drug-likeness (QED) is 0.741. The summed E-state index contributed by atoms with van der Waals surface area (Å²) in [4.78, 5) is 15.9. The van der Waals surface area contributed by atoms with Crippen LogP contribution in [0.4, 0.5) is 0 Å². The van der Waals surface area contributed by atoms with E-state index in [9.17, 15) is 4.79 Å². The van der Waals surface area contributed by atoms with Gasteiger partial charge in [-0.25, -0.2) is 0 Å². The van der Waals surface area contributed by atoms with Gasteiger partial charge in [0.15, 0.2) is 11.5 Å². The number of aromatic nitrogens is 1. The van der Waals surface area contributed by atoms with Crippen molar-refractivity contribution in [2.45, 2.75) is 25.7 Å². The summed E-state index contributed by atoms with van der Waals surface area (Å²) < 4.78 is 16.5. The number of pyridine rings is 1. The van der Waals surface area contributed by atoms with Crippen LogP contribution >= 0.6 is 0 Å². The molecular weight excluding hydrogens is 318 g/mol. The maximum absolute atomic E-state index is 12.8. The van der Waals surface area contributed by atoms with Crippen LogP contribution in [0, 0.1) is 0 Å². The monoisotopic (exact) mass is 339 g/mol. The molecule has 0 spiro atoms. The van der Waals surface area contributed by atoms with E-state index in [0.717, 1.165) is 35.6 Å². The molecule has 2 aromatic carbocycles. The molecule has 5 nitrogen and oxygen atoms in total. The van der Waals surface area contributed by atoms with Crippen molar-refractivity contribution in [3.63, 3.8) is 0 Å². The van der Waals surface area contributed by atoms with Crippen LogP contribution in [0.15, 0.2) is 23.0 Å². The van der Waals surface area contributed by atoms with Gasteiger partial charge in [-0.3, -0.25) is 4.79 Å². The molecule has 0 atom stereocenters. The van der Waals surface area contributed by atoms with Crippen molar-refractivity contribution in [3.05, 3.63) is 39.7 Å². The van der Waals surface area contributed by atoms with Crippen LogP contribution in [-0.2, 0) is 12.8 Å². The predicted molar refractivity (Wildman–Crippen MR) is 98.4 cm³/mol. The van der Waals surface area contributed by atoms with Crippen molar-refractivity contribution in [3.8, 4) is 17.2 Å². The first-order chi connectivity index (χ1) is 12.2. The lowest BCUT2D eigenvalue weighted by Crippen LogP contribution is -2.12. The second-order valence-electron chi connectivity index (χ2n) is 6.35. The number of fused-ring (bicyclic) bond motifs is 5. The summed E-state index contributed by atoms with van der Waals surface area (Å²) in [5.41, 5.74) is 3.36. The second-order valence-corrected chi connectivity index (χ2v) is 6.35. The summed E-state index contributed by atoms with van der Waals surface area (Å²) in [5.74, 6) is 1.51. The molecule has 0 bridgehead atoms. The molecule has 1 N–H and O–H groups in total. The van der Waals surface area contributed by atoms with Crippen molar-refractivity contribution in [2.75, 3.05) is 21.3 Å². The molecule has 0 unspecified atom stereocenters. The number of aromatic amines is 1. The van der Waals surface area contributed by atoms with E-state index in [0.29, 0.717) is 22.6 Å². The van der Waals surface area contributed by atoms with E-state index >= 15 is 0 Å². The van der Waals surface area contributed by atoms with E-state index in [-0.39, 0.29) is 5.56 Å². The van der Waals surface area contributed by atoms with Crippen molar-refractivity contribution in [2.24, 2.45) is 0 Å². The highest BCUT2D eigenvalue weighted by Crippen LogP contribution is 2.45. The lowest BCUT2D eigenvalue weighted by Gasteiger charge is -2.20. The Balaban J connectivity index is 2.22. The van der Waals surface area contributed by atoms with Crippen LogP contribution in [0.2, 0.25) is 0 Å². The largest absolute Gasteiger partial charge is 0.493 e. The Hall–Kier alpha value is -2.69. The molecule has 0 amide bonds. The molecule has 0 aliphatic heterocycles. The second kappa shape index (κ2) is 5.99. The van der Waals surface area contributed by atoms with E-state index in [2.05, 4.69) is 17.1 Å². The predicted octanol–water partition coefficient (Wildman–Crippen LogP) is 3.59. The van der Waals surface area contributed by atoms with Gasteiger partial charge in [-0.1, -0.05) is 12.1 Å². The van der Waals surface area contributed by atoms with Gasteiger partial charge < -0.3 is 19.2 Å². The lowest BCUT2D eigenvalue weighted by molar-refractivity contribution is 0.327. The minimum Gasteiger partial charge on any atom is -0.493 e. The molecule has 0 saturated carbocycles. The van der Waals surface area contributed by atoms with Gasteiger partial charge in [-0.2, -0.15) is 0 Å². The van der Waals surface area contributed by atoms with Crippen LogP contribution in [0.1, 0.15) is 24.0 Å². The SMILES string of the molecule is COc1cc2c(=O)[nH]c3c4c(ccc3c2c(OC)c1OC)CCCC4. The van der Waals surface area contributed by atoms with Crippen molar-refractivity contribution in [1.82, 2.24) is 4.98 Å². The molecule has 1 heterocycles. The van der Waals surface area contributed by atoms with Gasteiger partial charge in [0.05, 0.1) is 32.2 Å². The third-order valence-corrected chi connectivity index (χ3v) is 5.12. The van der Waals surface area contributed by atoms with E-state index < -0.39 is 0 Å². The molecule has 4 rings (SSSR count). The van der Waals surface area contributed by atoms with Gasteiger partial charge in [-0.05, 0) is 42.9 Å². The Morgan fingerprint density at radius 1 is 0.920 bits per heavy atom. The summed E-state index contributed by atoms with van der Waals surface area (Å²) in [6, 6.07) is 5.96. The normalized spacial score (nSPS) is 13.7. The van der Waals surface area contributed by atoms with Gasteiger partial charge in [0.1, 0.15) is 0 Å². The highest BCUT2D eigenvalue weighted by molar-refractivity contribution is 6.11. The minimum absolute atomic E-state index is 0.138. The molecular formula is C20H21NO4. The number of hydrogen-bond donors (Lipinski definition) is 1. The zero-order chi connectivity index (χ0) is 17.6. The van der Waals surface area contributed by atoms with E-state index in [4.69, 9.17) is 14.2 Å². The van der Waals surface area contributed by atoms with Crippen LogP contribution in [0.25, 0.3) is 21.7 Å². The molecule has 1 aromatic heterocycles. The van der Waals surface area contributed by atoms with Crippen molar-refractivity contribution in [1.29, 1.82) is 0 Å². The zero-order valence-electron chi connectivity index (χ0n) is 14.7. The molecule has 25 heavy (non-hydrogen) atoms. The summed E-state index contributed by atoms with van der Waals surface area (Å²) in [6.07, 6.45) is 4.40. The first-order valence-electron chi connectivity index (χ1n) is 8.49. The number of nitrogens with one attached hydrogen (secondary N) is 1. The Morgan fingerprint density at radius 3 is 2.40 bits per heavy atom. The zero-order valence-corrected chi connectivity index (χ0v) is 14.7. The van der Waals surface area contributed by atoms with Crippen molar-refractivity contribution < 1.29 is 14.2 Å². The highest BCUT2D eigenvalue weighted by Gasteiger charge is 2.22. The topological polar surface area (TPSA) is 60.6 Å². The fraction of sp³-hybridized carbons (Fsp3) is 0.350. The van der Waals surface area contributed by atoms with Crippen LogP contribution < -0.4 is 19.8 Å². The summed E-state index contributed by atoms with van der Waals surface area (Å²) in [5, 5.41) is 2.29. The van der Waals surface area contributed by atoms with Gasteiger partial charge in [0.25, 0.3) is 5.56 Å². The third kappa shape index (κ3) is 2.26. The maximum atomic E-state index is 12.8. The first-order valence-corrected chi connectivity index (χ1v) is 8.49. The smallest absolute Gasteiger partial charge is 0.256 e. The molecule has 1 aliphatic rings. The van der Waals surface area contributed by atoms with E-state index in [1.807, 2.05) is 0 Å². The first kappa shape index (κ1) is 15.8. The molecule has 1 aliphatic carbocycles. The fourth-order valence-electron chi connectivity index (χ4n) is 3.96. The maximum Gasteiger partial charge on any atom is 0.256 e. The number of hydrogen-bond acceptors (Lipinski definition) is 4. The van der Waals surface area contributed by atoms with Crippen LogP contribution in [-0.4, -0.2) is 26.3 Å². The highest BCUT2D eigenvalue weighted by atomic mass is 16.5. The average Bonchev–Trinajstić information content (AvgIpc) is 2.66. The molecule has 0 radical (unpaired) electrons. The number of benzene rings is 2. The number of ether oxygens (including phenoxy) is 3. The van der Waals surface area contributed by atoms with Gasteiger partial charge in [0.2, 0.25) is 5.75 Å². The van der Waals surface area contributed by atoms with Crippen LogP contribution in [0.5, 0.6) is 17.2 Å². The molecule has 0 fully saturated rings. The van der Waals surface area contributed by atoms with E-state index in [1.165, 1.54) is 17.5 Å². The molecule has 3 aromatic rings. The molecule has 130 valence electrons. The van der Waals surface area contributed by atoms with Crippen molar-refractivity contribution >= 4 is 21.7 Å². The molecule has 0 saturated heterocycles. The Labute approximate surface area is 145 Å². The standard InChI is InChI=1S/C20H21NO4/c1-23-15-10-14-16(19(25-3)18(15)24-2)13-9-8-11-6-4-5-7-12(11)17(13)21-20(14)22/h8-10H,4-7H2,1-3H3,(H,21,22). The summed E-state index contributed by atoms with van der Waals surface area (Å²) in [6.45, 7) is 0. The summed E-state index contributed by atoms with van der Waals surface area (Å²) in [7, 11) is 4.71. The Kier molecular flexibility index (Phi) is 3.79. The number of aryl methyl sites for hydroxylation is 2. The number of H-pyrrole nitrogens is 1. The molecule has 5 heteroatoms. The van der Waals surface area contributed by atoms with E-state index in [1.54, 1.807) is 27.4 Å². The van der Waals surface area contributed by atoms with Gasteiger partial charge in [0, 0.05) is 10.8 Å². The summed E-state index contributed by atoms with van der Waals surface area (Å²) >= 11 is 0. The van der Waals surface area contributed by atoms with Gasteiger partial charge in [-0.15, -0.1) is 0 Å². The Morgan fingerprint density at radius 2 is 1.68 bits per heavy atom.